The molecular weight excluding hydrogens is 240 g/mol. The fourth-order valence-electron chi connectivity index (χ4n) is 1.73. The molecule has 0 unspecified atom stereocenters. The number of anilines is 1. The highest BCUT2D eigenvalue weighted by Gasteiger charge is 2.17. The van der Waals surface area contributed by atoms with Crippen molar-refractivity contribution in [2.45, 2.75) is 38.6 Å². The number of aromatic nitrogens is 3. The van der Waals surface area contributed by atoms with Gasteiger partial charge in [-0.3, -0.25) is 0 Å². The van der Waals surface area contributed by atoms with Gasteiger partial charge in [0.1, 0.15) is 5.82 Å². The fourth-order valence-corrected chi connectivity index (χ4v) is 1.91. The summed E-state index contributed by atoms with van der Waals surface area (Å²) in [5.41, 5.74) is 0. The Hall–Kier alpha value is -0.940. The van der Waals surface area contributed by atoms with Gasteiger partial charge in [0.2, 0.25) is 11.2 Å². The van der Waals surface area contributed by atoms with Crippen LogP contribution in [0.5, 0.6) is 0 Å². The van der Waals surface area contributed by atoms with Gasteiger partial charge in [0.05, 0.1) is 12.6 Å². The highest BCUT2D eigenvalue weighted by molar-refractivity contribution is 6.28. The van der Waals surface area contributed by atoms with Gasteiger partial charge in [-0.15, -0.1) is 0 Å². The van der Waals surface area contributed by atoms with E-state index in [9.17, 15) is 0 Å². The summed E-state index contributed by atoms with van der Waals surface area (Å²) >= 11 is 5.88. The van der Waals surface area contributed by atoms with E-state index in [0.29, 0.717) is 12.6 Å². The lowest BCUT2D eigenvalue weighted by molar-refractivity contribution is 0.195. The molecule has 0 aliphatic carbocycles. The minimum Gasteiger partial charge on any atom is -0.379 e. The topological polar surface area (TPSA) is 59.9 Å². The van der Waals surface area contributed by atoms with Crippen molar-refractivity contribution >= 4 is 17.5 Å². The Balaban J connectivity index is 2.02. The van der Waals surface area contributed by atoms with Crippen molar-refractivity contribution < 1.29 is 4.74 Å². The third-order valence-electron chi connectivity index (χ3n) is 2.67. The second-order valence-corrected chi connectivity index (χ2v) is 4.49. The molecule has 5 nitrogen and oxygen atoms in total. The van der Waals surface area contributed by atoms with Crippen LogP contribution in [0, 0.1) is 0 Å². The molecule has 2 heterocycles. The van der Waals surface area contributed by atoms with E-state index in [2.05, 4.69) is 27.2 Å². The van der Waals surface area contributed by atoms with Crippen LogP contribution >= 0.6 is 11.6 Å². The predicted molar refractivity (Wildman–Crippen MR) is 66.3 cm³/mol. The number of unbranched alkanes of at least 4 members (excludes halogenated alkanes) is 1. The molecule has 1 fully saturated rings. The van der Waals surface area contributed by atoms with Gasteiger partial charge in [0, 0.05) is 13.0 Å². The van der Waals surface area contributed by atoms with Gasteiger partial charge >= 0.3 is 0 Å². The van der Waals surface area contributed by atoms with Gasteiger partial charge in [-0.2, -0.15) is 9.97 Å². The number of aryl methyl sites for hydroxylation is 1. The first-order valence-electron chi connectivity index (χ1n) is 6.02. The van der Waals surface area contributed by atoms with Gasteiger partial charge in [-0.05, 0) is 24.4 Å². The van der Waals surface area contributed by atoms with E-state index in [-0.39, 0.29) is 11.3 Å². The van der Waals surface area contributed by atoms with Gasteiger partial charge in [-0.1, -0.05) is 13.3 Å². The molecular formula is C11H17ClN4O. The average Bonchev–Trinajstić information content (AvgIpc) is 2.78. The first-order chi connectivity index (χ1) is 8.28. The van der Waals surface area contributed by atoms with Crippen molar-refractivity contribution in [3.05, 3.63) is 11.1 Å². The Morgan fingerprint density at radius 1 is 1.41 bits per heavy atom. The van der Waals surface area contributed by atoms with Gasteiger partial charge < -0.3 is 10.1 Å². The van der Waals surface area contributed by atoms with Crippen LogP contribution in [0.4, 0.5) is 5.95 Å². The fraction of sp³-hybridized carbons (Fsp3) is 0.727. The summed E-state index contributed by atoms with van der Waals surface area (Å²) in [6.07, 6.45) is 4.00. The maximum atomic E-state index is 5.88. The Labute approximate surface area is 106 Å². The summed E-state index contributed by atoms with van der Waals surface area (Å²) in [7, 11) is 0. The third-order valence-corrected chi connectivity index (χ3v) is 2.84. The van der Waals surface area contributed by atoms with Crippen molar-refractivity contribution in [1.29, 1.82) is 0 Å². The quantitative estimate of drug-likeness (QED) is 0.874. The zero-order chi connectivity index (χ0) is 12.1. The van der Waals surface area contributed by atoms with E-state index in [1.165, 1.54) is 0 Å². The van der Waals surface area contributed by atoms with Gasteiger partial charge in [-0.25, -0.2) is 4.98 Å². The molecule has 1 saturated heterocycles. The molecule has 1 atom stereocenters. The van der Waals surface area contributed by atoms with E-state index >= 15 is 0 Å². The summed E-state index contributed by atoms with van der Waals surface area (Å²) in [5.74, 6) is 1.32. The first kappa shape index (κ1) is 12.5. The zero-order valence-electron chi connectivity index (χ0n) is 9.95. The smallest absolute Gasteiger partial charge is 0.227 e. The Bertz CT molecular complexity index is 368. The lowest BCUT2D eigenvalue weighted by Gasteiger charge is -2.11. The van der Waals surface area contributed by atoms with Crippen LogP contribution in [0.2, 0.25) is 5.28 Å². The predicted octanol–water partition coefficient (Wildman–Crippen LogP) is 2.07. The largest absolute Gasteiger partial charge is 0.379 e. The van der Waals surface area contributed by atoms with E-state index in [4.69, 9.17) is 16.3 Å². The molecule has 1 aromatic heterocycles. The van der Waals surface area contributed by atoms with Gasteiger partial charge in [0.15, 0.2) is 0 Å². The molecule has 1 N–H and O–H groups in total. The molecule has 1 aliphatic heterocycles. The van der Waals surface area contributed by atoms with E-state index in [1.54, 1.807) is 0 Å². The highest BCUT2D eigenvalue weighted by Crippen LogP contribution is 2.12. The summed E-state index contributed by atoms with van der Waals surface area (Å²) in [6.45, 7) is 3.63. The van der Waals surface area contributed by atoms with Crippen molar-refractivity contribution in [3.8, 4) is 0 Å². The summed E-state index contributed by atoms with van der Waals surface area (Å²) < 4.78 is 5.29. The van der Waals surface area contributed by atoms with Gasteiger partial charge in [0.25, 0.3) is 0 Å². The Morgan fingerprint density at radius 2 is 2.29 bits per heavy atom. The minimum absolute atomic E-state index is 0.257. The standard InChI is InChI=1S/C11H17ClN4O/c1-2-3-4-9-14-10(12)16-11(15-9)13-8-5-6-17-7-8/h8H,2-7H2,1H3,(H,13,14,15,16)/t8-/m0/s1. The van der Waals surface area contributed by atoms with Crippen LogP contribution in [0.1, 0.15) is 32.0 Å². The number of nitrogens with one attached hydrogen (secondary N) is 1. The maximum Gasteiger partial charge on any atom is 0.227 e. The average molecular weight is 257 g/mol. The van der Waals surface area contributed by atoms with Crippen molar-refractivity contribution in [3.63, 3.8) is 0 Å². The zero-order valence-corrected chi connectivity index (χ0v) is 10.7. The van der Waals surface area contributed by atoms with Crippen LogP contribution in [-0.4, -0.2) is 34.2 Å². The molecule has 94 valence electrons. The number of ether oxygens (including phenoxy) is 1. The van der Waals surface area contributed by atoms with Crippen molar-refractivity contribution in [2.75, 3.05) is 18.5 Å². The molecule has 2 rings (SSSR count). The van der Waals surface area contributed by atoms with E-state index in [0.717, 1.165) is 38.1 Å². The molecule has 0 saturated carbocycles. The number of hydrogen-bond donors (Lipinski definition) is 1. The van der Waals surface area contributed by atoms with Crippen molar-refractivity contribution in [1.82, 2.24) is 15.0 Å². The molecule has 0 spiro atoms. The molecule has 0 radical (unpaired) electrons. The lowest BCUT2D eigenvalue weighted by Crippen LogP contribution is -2.21. The van der Waals surface area contributed by atoms with Crippen LogP contribution < -0.4 is 5.32 Å². The monoisotopic (exact) mass is 256 g/mol. The minimum atomic E-state index is 0.257. The summed E-state index contributed by atoms with van der Waals surface area (Å²) in [5, 5.41) is 3.48. The lowest BCUT2D eigenvalue weighted by atomic mass is 10.2. The number of nitrogens with zero attached hydrogens (tertiary/aromatic N) is 3. The number of hydrogen-bond acceptors (Lipinski definition) is 5. The number of halogens is 1. The Morgan fingerprint density at radius 3 is 3.00 bits per heavy atom. The van der Waals surface area contributed by atoms with Crippen LogP contribution in [0.15, 0.2) is 0 Å². The molecule has 17 heavy (non-hydrogen) atoms. The molecule has 6 heteroatoms. The molecule has 0 bridgehead atoms. The normalized spacial score (nSPS) is 19.5. The van der Waals surface area contributed by atoms with E-state index in [1.807, 2.05) is 0 Å². The Kier molecular flexibility index (Phi) is 4.50. The maximum absolute atomic E-state index is 5.88. The second-order valence-electron chi connectivity index (χ2n) is 4.15. The van der Waals surface area contributed by atoms with Crippen LogP contribution in [-0.2, 0) is 11.2 Å². The van der Waals surface area contributed by atoms with E-state index < -0.39 is 0 Å². The molecule has 0 aromatic carbocycles. The SMILES string of the molecule is CCCCc1nc(Cl)nc(N[C@H]2CCOC2)n1. The molecule has 1 aliphatic rings. The highest BCUT2D eigenvalue weighted by atomic mass is 35.5. The van der Waals surface area contributed by atoms with Crippen molar-refractivity contribution in [2.24, 2.45) is 0 Å². The summed E-state index contributed by atoms with van der Waals surface area (Å²) in [6, 6.07) is 0.285. The van der Waals surface area contributed by atoms with Crippen LogP contribution in [0.3, 0.4) is 0 Å². The summed E-state index contributed by atoms with van der Waals surface area (Å²) in [4.78, 5) is 12.6. The number of rotatable bonds is 5. The first-order valence-corrected chi connectivity index (χ1v) is 6.40. The molecule has 1 aromatic rings. The second kappa shape index (κ2) is 6.12. The van der Waals surface area contributed by atoms with Crippen LogP contribution in [0.25, 0.3) is 0 Å². The molecule has 0 amide bonds. The third kappa shape index (κ3) is 3.78.